The number of aromatic nitrogens is 2. The number of hydrogen-bond acceptors (Lipinski definition) is 3. The summed E-state index contributed by atoms with van der Waals surface area (Å²) in [4.78, 5) is 2.39. The summed E-state index contributed by atoms with van der Waals surface area (Å²) in [5, 5.41) is 7.60. The van der Waals surface area contributed by atoms with Crippen LogP contribution >= 0.6 is 0 Å². The summed E-state index contributed by atoms with van der Waals surface area (Å²) < 4.78 is 1.92. The Labute approximate surface area is 105 Å². The molecule has 1 heterocycles. The molecule has 0 aliphatic carbocycles. The van der Waals surface area contributed by atoms with Crippen molar-refractivity contribution >= 4 is 0 Å². The van der Waals surface area contributed by atoms with E-state index < -0.39 is 0 Å². The Kier molecular flexibility index (Phi) is 6.22. The number of aryl methyl sites for hydroxylation is 1. The quantitative estimate of drug-likeness (QED) is 0.699. The second-order valence-electron chi connectivity index (χ2n) is 4.90. The van der Waals surface area contributed by atoms with E-state index in [2.05, 4.69) is 42.3 Å². The Balaban J connectivity index is 2.00. The fourth-order valence-electron chi connectivity index (χ4n) is 1.66. The molecule has 1 rings (SSSR count). The zero-order valence-corrected chi connectivity index (χ0v) is 11.6. The summed E-state index contributed by atoms with van der Waals surface area (Å²) in [5.41, 5.74) is 1.24. The summed E-state index contributed by atoms with van der Waals surface area (Å²) >= 11 is 0. The lowest BCUT2D eigenvalue weighted by molar-refractivity contribution is 0.268. The second-order valence-corrected chi connectivity index (χ2v) is 4.90. The maximum absolute atomic E-state index is 4.14. The van der Waals surface area contributed by atoms with Gasteiger partial charge < -0.3 is 10.2 Å². The van der Waals surface area contributed by atoms with Gasteiger partial charge >= 0.3 is 0 Å². The molecule has 0 fully saturated rings. The van der Waals surface area contributed by atoms with Crippen LogP contribution in [0.3, 0.4) is 0 Å². The van der Waals surface area contributed by atoms with Gasteiger partial charge in [-0.05, 0) is 52.9 Å². The molecule has 0 amide bonds. The molecule has 0 bridgehead atoms. The first kappa shape index (κ1) is 14.2. The molecule has 0 atom stereocenters. The molecule has 1 aromatic rings. The van der Waals surface area contributed by atoms with Crippen LogP contribution in [0.5, 0.6) is 0 Å². The Morgan fingerprint density at radius 3 is 2.76 bits per heavy atom. The summed E-state index contributed by atoms with van der Waals surface area (Å²) in [6, 6.07) is 2.71. The van der Waals surface area contributed by atoms with Crippen LogP contribution in [0, 0.1) is 0 Å². The molecule has 98 valence electrons. The zero-order chi connectivity index (χ0) is 12.7. The predicted molar refractivity (Wildman–Crippen MR) is 71.9 cm³/mol. The molecule has 0 saturated heterocycles. The van der Waals surface area contributed by atoms with Crippen molar-refractivity contribution in [1.29, 1.82) is 0 Å². The minimum atomic E-state index is 0.650. The Morgan fingerprint density at radius 1 is 1.41 bits per heavy atom. The summed E-state index contributed by atoms with van der Waals surface area (Å²) in [5.74, 6) is 0. The molecule has 4 nitrogen and oxygen atoms in total. The number of nitrogens with zero attached hydrogens (tertiary/aromatic N) is 3. The maximum atomic E-state index is 4.14. The van der Waals surface area contributed by atoms with Gasteiger partial charge in [-0.2, -0.15) is 5.10 Å². The average Bonchev–Trinajstić information content (AvgIpc) is 2.68. The lowest BCUT2D eigenvalue weighted by Crippen LogP contribution is -2.27. The highest BCUT2D eigenvalue weighted by molar-refractivity contribution is 4.98. The molecule has 1 N–H and O–H groups in total. The van der Waals surface area contributed by atoms with Gasteiger partial charge in [-0.25, -0.2) is 0 Å². The minimum Gasteiger partial charge on any atom is -0.311 e. The van der Waals surface area contributed by atoms with Crippen molar-refractivity contribution in [2.45, 2.75) is 39.3 Å². The molecule has 0 spiro atoms. The normalized spacial score (nSPS) is 11.6. The summed E-state index contributed by atoms with van der Waals surface area (Å²) in [6.45, 7) is 7.65. The fraction of sp³-hybridized carbons (Fsp3) is 0.769. The first-order valence-electron chi connectivity index (χ1n) is 6.49. The van der Waals surface area contributed by atoms with E-state index in [1.54, 1.807) is 0 Å². The van der Waals surface area contributed by atoms with Crippen molar-refractivity contribution in [1.82, 2.24) is 20.0 Å². The van der Waals surface area contributed by atoms with Crippen molar-refractivity contribution in [2.24, 2.45) is 7.05 Å². The molecule has 0 aliphatic heterocycles. The number of unbranched alkanes of at least 4 members (excludes halogenated alkanes) is 1. The van der Waals surface area contributed by atoms with Gasteiger partial charge in [0.2, 0.25) is 0 Å². The largest absolute Gasteiger partial charge is 0.311 e. The fourth-order valence-corrected chi connectivity index (χ4v) is 1.66. The Hall–Kier alpha value is -0.870. The third-order valence-corrected chi connectivity index (χ3v) is 3.22. The van der Waals surface area contributed by atoms with E-state index in [0.29, 0.717) is 6.04 Å². The molecule has 0 unspecified atom stereocenters. The third-order valence-electron chi connectivity index (χ3n) is 3.22. The SMILES string of the molecule is CC(C)N(C)CCCCNCc1ccnn1C. The summed E-state index contributed by atoms with van der Waals surface area (Å²) in [6.07, 6.45) is 4.33. The van der Waals surface area contributed by atoms with Gasteiger partial charge in [0.25, 0.3) is 0 Å². The molecule has 0 aliphatic rings. The zero-order valence-electron chi connectivity index (χ0n) is 11.6. The number of hydrogen-bond donors (Lipinski definition) is 1. The molecule has 1 aromatic heterocycles. The Morgan fingerprint density at radius 2 is 2.18 bits per heavy atom. The van der Waals surface area contributed by atoms with Crippen molar-refractivity contribution in [2.75, 3.05) is 20.1 Å². The molecule has 17 heavy (non-hydrogen) atoms. The Bertz CT molecular complexity index is 306. The molecule has 0 saturated carbocycles. The van der Waals surface area contributed by atoms with Gasteiger partial charge in [-0.15, -0.1) is 0 Å². The molecule has 4 heteroatoms. The van der Waals surface area contributed by atoms with Crippen LogP contribution in [-0.2, 0) is 13.6 Å². The van der Waals surface area contributed by atoms with Crippen LogP contribution in [0.4, 0.5) is 0 Å². The van der Waals surface area contributed by atoms with Crippen LogP contribution in [0.25, 0.3) is 0 Å². The van der Waals surface area contributed by atoms with Crippen LogP contribution in [0.2, 0.25) is 0 Å². The van der Waals surface area contributed by atoms with Crippen molar-refractivity contribution in [3.8, 4) is 0 Å². The van der Waals surface area contributed by atoms with E-state index in [-0.39, 0.29) is 0 Å². The molecular formula is C13H26N4. The molecule has 0 aromatic carbocycles. The van der Waals surface area contributed by atoms with Crippen molar-refractivity contribution in [3.05, 3.63) is 18.0 Å². The lowest BCUT2D eigenvalue weighted by atomic mass is 10.2. The summed E-state index contributed by atoms with van der Waals surface area (Å²) in [7, 11) is 4.17. The van der Waals surface area contributed by atoms with Gasteiger partial charge in [0.15, 0.2) is 0 Å². The van der Waals surface area contributed by atoms with Crippen molar-refractivity contribution in [3.63, 3.8) is 0 Å². The van der Waals surface area contributed by atoms with E-state index in [1.807, 2.05) is 17.9 Å². The van der Waals surface area contributed by atoms with Gasteiger partial charge in [0, 0.05) is 25.8 Å². The second kappa shape index (κ2) is 7.45. The minimum absolute atomic E-state index is 0.650. The van der Waals surface area contributed by atoms with E-state index in [0.717, 1.165) is 13.1 Å². The first-order valence-corrected chi connectivity index (χ1v) is 6.49. The topological polar surface area (TPSA) is 33.1 Å². The lowest BCUT2D eigenvalue weighted by Gasteiger charge is -2.20. The molecule has 0 radical (unpaired) electrons. The predicted octanol–water partition coefficient (Wildman–Crippen LogP) is 1.63. The highest BCUT2D eigenvalue weighted by Gasteiger charge is 2.02. The van der Waals surface area contributed by atoms with Gasteiger partial charge in [0.05, 0.1) is 5.69 Å². The first-order chi connectivity index (χ1) is 8.11. The van der Waals surface area contributed by atoms with E-state index in [4.69, 9.17) is 0 Å². The highest BCUT2D eigenvalue weighted by atomic mass is 15.3. The smallest absolute Gasteiger partial charge is 0.0518 e. The molecular weight excluding hydrogens is 212 g/mol. The maximum Gasteiger partial charge on any atom is 0.0518 e. The standard InChI is InChI=1S/C13H26N4/c1-12(2)16(3)10-6-5-8-14-11-13-7-9-15-17(13)4/h7,9,12,14H,5-6,8,10-11H2,1-4H3. The monoisotopic (exact) mass is 238 g/mol. The van der Waals surface area contributed by atoms with Crippen LogP contribution in [0.1, 0.15) is 32.4 Å². The average molecular weight is 238 g/mol. The van der Waals surface area contributed by atoms with Crippen LogP contribution in [-0.4, -0.2) is 40.9 Å². The van der Waals surface area contributed by atoms with Crippen LogP contribution < -0.4 is 5.32 Å². The van der Waals surface area contributed by atoms with E-state index >= 15 is 0 Å². The highest BCUT2D eigenvalue weighted by Crippen LogP contribution is 1.98. The van der Waals surface area contributed by atoms with E-state index in [1.165, 1.54) is 25.1 Å². The van der Waals surface area contributed by atoms with Crippen molar-refractivity contribution < 1.29 is 0 Å². The third kappa shape index (κ3) is 5.33. The van der Waals surface area contributed by atoms with E-state index in [9.17, 15) is 0 Å². The number of nitrogens with one attached hydrogen (secondary N) is 1. The number of rotatable bonds is 8. The van der Waals surface area contributed by atoms with Gasteiger partial charge in [-0.3, -0.25) is 4.68 Å². The van der Waals surface area contributed by atoms with Gasteiger partial charge in [0.1, 0.15) is 0 Å². The van der Waals surface area contributed by atoms with Crippen LogP contribution in [0.15, 0.2) is 12.3 Å². The van der Waals surface area contributed by atoms with Gasteiger partial charge in [-0.1, -0.05) is 0 Å².